The molecule has 0 radical (unpaired) electrons. The van der Waals surface area contributed by atoms with E-state index in [1.165, 1.54) is 12.7 Å². The lowest BCUT2D eigenvalue weighted by Gasteiger charge is -2.30. The summed E-state index contributed by atoms with van der Waals surface area (Å²) in [6, 6.07) is 18.6. The summed E-state index contributed by atoms with van der Waals surface area (Å²) >= 11 is 0. The average molecular weight is 357 g/mol. The van der Waals surface area contributed by atoms with Gasteiger partial charge in [0.1, 0.15) is 0 Å². The molecule has 0 amide bonds. The summed E-state index contributed by atoms with van der Waals surface area (Å²) in [5.41, 5.74) is 4.53. The molecule has 0 spiro atoms. The Balaban J connectivity index is 1.92. The lowest BCUT2D eigenvalue weighted by molar-refractivity contribution is -0.146. The second kappa shape index (κ2) is 7.28. The maximum Gasteiger partial charge on any atom is 0.312 e. The van der Waals surface area contributed by atoms with Crippen LogP contribution in [0.15, 0.2) is 90.7 Å². The lowest BCUT2D eigenvalue weighted by atomic mass is 9.85. The maximum atomic E-state index is 12.9. The molecule has 3 heteroatoms. The van der Waals surface area contributed by atoms with E-state index in [1.54, 1.807) is 0 Å². The number of aryl methyl sites for hydroxylation is 1. The number of allylic oxidation sites excluding steroid dienone is 5. The number of rotatable bonds is 3. The highest BCUT2D eigenvalue weighted by Gasteiger charge is 2.49. The number of carbonyl (C=O) groups is 1. The van der Waals surface area contributed by atoms with Gasteiger partial charge in [0.05, 0.1) is 19.1 Å². The van der Waals surface area contributed by atoms with Crippen LogP contribution in [0.4, 0.5) is 5.69 Å². The second-order valence-corrected chi connectivity index (χ2v) is 7.00. The standard InChI is InChI=1S/C24H23NO2/c1-17-13-15-19(16-14-17)25-21-12-8-4-7-11-20(21)22(24(26)27-2)23(25)18-9-5-3-6-10-18/h3-16,20,22-23H,1-2H3/t20?,22-,23+/m1/s1. The average Bonchev–Trinajstić information content (AvgIpc) is 2.85. The normalized spacial score (nSPS) is 23.6. The molecule has 1 saturated heterocycles. The number of carbonyl (C=O) groups excluding carboxylic acids is 1. The Labute approximate surface area is 160 Å². The zero-order valence-corrected chi connectivity index (χ0v) is 15.6. The summed E-state index contributed by atoms with van der Waals surface area (Å²) in [5.74, 6) is -0.513. The number of hydrogen-bond acceptors (Lipinski definition) is 3. The molecule has 0 N–H and O–H groups in total. The van der Waals surface area contributed by atoms with Crippen molar-refractivity contribution in [1.82, 2.24) is 0 Å². The van der Waals surface area contributed by atoms with Crippen molar-refractivity contribution in [3.05, 3.63) is 102 Å². The predicted molar refractivity (Wildman–Crippen MR) is 108 cm³/mol. The first-order chi connectivity index (χ1) is 13.2. The van der Waals surface area contributed by atoms with Crippen LogP contribution < -0.4 is 4.90 Å². The van der Waals surface area contributed by atoms with Crippen molar-refractivity contribution in [2.45, 2.75) is 13.0 Å². The Hall–Kier alpha value is -3.07. The van der Waals surface area contributed by atoms with E-state index in [-0.39, 0.29) is 23.8 Å². The third-order valence-electron chi connectivity index (χ3n) is 5.36. The highest BCUT2D eigenvalue weighted by atomic mass is 16.5. The first kappa shape index (κ1) is 17.3. The fourth-order valence-electron chi connectivity index (χ4n) is 4.11. The summed E-state index contributed by atoms with van der Waals surface area (Å²) in [5, 5.41) is 0. The molecule has 4 rings (SSSR count). The topological polar surface area (TPSA) is 29.5 Å². The molecular weight excluding hydrogens is 334 g/mol. The van der Waals surface area contributed by atoms with E-state index < -0.39 is 0 Å². The van der Waals surface area contributed by atoms with Crippen molar-refractivity contribution in [2.24, 2.45) is 11.8 Å². The molecule has 136 valence electrons. The first-order valence-corrected chi connectivity index (χ1v) is 9.24. The highest BCUT2D eigenvalue weighted by molar-refractivity contribution is 5.79. The molecule has 2 aromatic rings. The van der Waals surface area contributed by atoms with Crippen molar-refractivity contribution < 1.29 is 9.53 Å². The summed E-state index contributed by atoms with van der Waals surface area (Å²) in [4.78, 5) is 15.2. The molecule has 2 aliphatic rings. The predicted octanol–water partition coefficient (Wildman–Crippen LogP) is 4.97. The maximum absolute atomic E-state index is 12.9. The van der Waals surface area contributed by atoms with Crippen LogP contribution in [0.2, 0.25) is 0 Å². The zero-order chi connectivity index (χ0) is 18.8. The van der Waals surface area contributed by atoms with Crippen LogP contribution in [-0.2, 0) is 9.53 Å². The molecule has 0 saturated carbocycles. The molecule has 1 heterocycles. The fourth-order valence-corrected chi connectivity index (χ4v) is 4.11. The molecule has 0 bridgehead atoms. The number of hydrogen-bond donors (Lipinski definition) is 0. The molecule has 0 aromatic heterocycles. The zero-order valence-electron chi connectivity index (χ0n) is 15.6. The minimum atomic E-state index is -0.305. The Morgan fingerprint density at radius 3 is 2.41 bits per heavy atom. The van der Waals surface area contributed by atoms with Crippen LogP contribution in [-0.4, -0.2) is 13.1 Å². The molecule has 2 aromatic carbocycles. The van der Waals surface area contributed by atoms with Crippen LogP contribution in [0.25, 0.3) is 0 Å². The number of methoxy groups -OCH3 is 1. The fraction of sp³-hybridized carbons (Fsp3) is 0.208. The van der Waals surface area contributed by atoms with Gasteiger partial charge in [0.25, 0.3) is 0 Å². The number of esters is 1. The Morgan fingerprint density at radius 1 is 0.963 bits per heavy atom. The van der Waals surface area contributed by atoms with Gasteiger partial charge in [-0.2, -0.15) is 0 Å². The molecular formula is C24H23NO2. The molecule has 1 unspecified atom stereocenters. The molecule has 1 fully saturated rings. The van der Waals surface area contributed by atoms with Gasteiger partial charge in [-0.05, 0) is 30.7 Å². The van der Waals surface area contributed by atoms with Gasteiger partial charge in [-0.25, -0.2) is 0 Å². The van der Waals surface area contributed by atoms with Crippen molar-refractivity contribution in [3.8, 4) is 0 Å². The van der Waals surface area contributed by atoms with Gasteiger partial charge in [0, 0.05) is 17.3 Å². The number of anilines is 1. The minimum Gasteiger partial charge on any atom is -0.469 e. The van der Waals surface area contributed by atoms with E-state index in [4.69, 9.17) is 4.74 Å². The van der Waals surface area contributed by atoms with Gasteiger partial charge in [-0.15, -0.1) is 0 Å². The van der Waals surface area contributed by atoms with E-state index in [2.05, 4.69) is 60.4 Å². The Morgan fingerprint density at radius 2 is 1.70 bits per heavy atom. The molecule has 3 nitrogen and oxygen atoms in total. The van der Waals surface area contributed by atoms with Gasteiger partial charge >= 0.3 is 5.97 Å². The largest absolute Gasteiger partial charge is 0.469 e. The number of ether oxygens (including phenoxy) is 1. The molecule has 27 heavy (non-hydrogen) atoms. The molecule has 3 atom stereocenters. The van der Waals surface area contributed by atoms with E-state index in [9.17, 15) is 4.79 Å². The Bertz CT molecular complexity index is 909. The van der Waals surface area contributed by atoms with Gasteiger partial charge in [-0.3, -0.25) is 4.79 Å². The van der Waals surface area contributed by atoms with Crippen molar-refractivity contribution in [2.75, 3.05) is 12.0 Å². The van der Waals surface area contributed by atoms with E-state index in [0.717, 1.165) is 16.9 Å². The van der Waals surface area contributed by atoms with E-state index in [1.807, 2.05) is 36.4 Å². The number of nitrogens with zero attached hydrogens (tertiary/aromatic N) is 1. The number of benzene rings is 2. The van der Waals surface area contributed by atoms with Gasteiger partial charge in [0.2, 0.25) is 0 Å². The van der Waals surface area contributed by atoms with Crippen molar-refractivity contribution in [1.29, 1.82) is 0 Å². The van der Waals surface area contributed by atoms with Crippen LogP contribution in [0.3, 0.4) is 0 Å². The summed E-state index contributed by atoms with van der Waals surface area (Å²) in [6.45, 7) is 2.08. The summed E-state index contributed by atoms with van der Waals surface area (Å²) in [7, 11) is 1.47. The highest BCUT2D eigenvalue weighted by Crippen LogP contribution is 2.50. The smallest absolute Gasteiger partial charge is 0.312 e. The van der Waals surface area contributed by atoms with Crippen molar-refractivity contribution in [3.63, 3.8) is 0 Å². The van der Waals surface area contributed by atoms with Crippen molar-refractivity contribution >= 4 is 11.7 Å². The SMILES string of the molecule is COC(=O)[C@@H]1C2C=CC=CC=C2N(c2ccc(C)cc2)[C@H]1c1ccccc1. The number of fused-ring (bicyclic) bond motifs is 1. The summed E-state index contributed by atoms with van der Waals surface area (Å²) in [6.07, 6.45) is 10.3. The summed E-state index contributed by atoms with van der Waals surface area (Å²) < 4.78 is 5.23. The second-order valence-electron chi connectivity index (χ2n) is 7.00. The van der Waals surface area contributed by atoms with E-state index in [0.29, 0.717) is 0 Å². The van der Waals surface area contributed by atoms with Crippen LogP contribution in [0, 0.1) is 18.8 Å². The van der Waals surface area contributed by atoms with Crippen LogP contribution in [0.1, 0.15) is 17.2 Å². The quantitative estimate of drug-likeness (QED) is 0.726. The molecule has 1 aliphatic heterocycles. The Kier molecular flexibility index (Phi) is 4.68. The molecule has 1 aliphatic carbocycles. The van der Waals surface area contributed by atoms with Crippen LogP contribution >= 0.6 is 0 Å². The monoisotopic (exact) mass is 357 g/mol. The van der Waals surface area contributed by atoms with Gasteiger partial charge in [0.15, 0.2) is 0 Å². The lowest BCUT2D eigenvalue weighted by Crippen LogP contribution is -2.29. The van der Waals surface area contributed by atoms with Gasteiger partial charge in [-0.1, -0.05) is 72.3 Å². The minimum absolute atomic E-state index is 0.0287. The third-order valence-corrected chi connectivity index (χ3v) is 5.36. The van der Waals surface area contributed by atoms with E-state index >= 15 is 0 Å². The van der Waals surface area contributed by atoms with Crippen LogP contribution in [0.5, 0.6) is 0 Å². The third kappa shape index (κ3) is 3.10. The van der Waals surface area contributed by atoms with Gasteiger partial charge < -0.3 is 9.64 Å². The first-order valence-electron chi connectivity index (χ1n) is 9.24.